The van der Waals surface area contributed by atoms with Crippen LogP contribution in [0.25, 0.3) is 0 Å². The summed E-state index contributed by atoms with van der Waals surface area (Å²) in [5.74, 6) is 0.571. The van der Waals surface area contributed by atoms with Gasteiger partial charge in [0.2, 0.25) is 0 Å². The lowest BCUT2D eigenvalue weighted by molar-refractivity contribution is -0.0329. The van der Waals surface area contributed by atoms with E-state index in [2.05, 4.69) is 13.8 Å². The average Bonchev–Trinajstić information content (AvgIpc) is 2.34. The normalized spacial score (nSPS) is 28.7. The van der Waals surface area contributed by atoms with Crippen molar-refractivity contribution in [2.45, 2.75) is 45.1 Å². The smallest absolute Gasteiger partial charge is 0.338 e. The summed E-state index contributed by atoms with van der Waals surface area (Å²) < 4.78 is 5.67. The number of carbonyl (C=O) groups excluding carboxylic acids is 1. The van der Waals surface area contributed by atoms with Gasteiger partial charge < -0.3 is 4.74 Å². The van der Waals surface area contributed by atoms with Crippen LogP contribution in [0.4, 0.5) is 0 Å². The zero-order chi connectivity index (χ0) is 12.3. The van der Waals surface area contributed by atoms with Gasteiger partial charge in [-0.2, -0.15) is 0 Å². The minimum atomic E-state index is -0.264. The molecule has 2 rings (SSSR count). The highest BCUT2D eigenvalue weighted by atomic mass is 16.6. The molecule has 0 unspecified atom stereocenters. The molecule has 17 heavy (non-hydrogen) atoms. The van der Waals surface area contributed by atoms with Crippen molar-refractivity contribution in [3.63, 3.8) is 0 Å². The lowest BCUT2D eigenvalue weighted by atomic mass is 9.80. The third-order valence-corrected chi connectivity index (χ3v) is 3.68. The molecule has 1 aliphatic rings. The molecule has 0 bridgehead atoms. The van der Waals surface area contributed by atoms with Crippen LogP contribution in [-0.2, 0) is 4.74 Å². The second kappa shape index (κ2) is 4.91. The van der Waals surface area contributed by atoms with Crippen LogP contribution >= 0.6 is 0 Å². The lowest BCUT2D eigenvalue weighted by Crippen LogP contribution is -2.35. The van der Waals surface area contributed by atoms with E-state index in [0.29, 0.717) is 5.56 Å². The monoisotopic (exact) mass is 232 g/mol. The molecule has 1 aliphatic carbocycles. The van der Waals surface area contributed by atoms with Crippen molar-refractivity contribution in [2.75, 3.05) is 0 Å². The van der Waals surface area contributed by atoms with Crippen LogP contribution in [0, 0.1) is 5.92 Å². The maximum Gasteiger partial charge on any atom is 0.338 e. The van der Waals surface area contributed by atoms with Crippen molar-refractivity contribution in [1.29, 1.82) is 0 Å². The number of rotatable bonds is 2. The second-order valence-corrected chi connectivity index (χ2v) is 5.39. The summed E-state index contributed by atoms with van der Waals surface area (Å²) in [6, 6.07) is 9.23. The minimum absolute atomic E-state index is 0.192. The van der Waals surface area contributed by atoms with Crippen LogP contribution in [0.3, 0.4) is 0 Å². The summed E-state index contributed by atoms with van der Waals surface area (Å²) in [6.45, 7) is 4.32. The Morgan fingerprint density at radius 1 is 1.24 bits per heavy atom. The van der Waals surface area contributed by atoms with Crippen molar-refractivity contribution in [3.8, 4) is 0 Å². The summed E-state index contributed by atoms with van der Waals surface area (Å²) >= 11 is 0. The van der Waals surface area contributed by atoms with Gasteiger partial charge in [-0.15, -0.1) is 0 Å². The highest BCUT2D eigenvalue weighted by molar-refractivity contribution is 5.89. The summed E-state index contributed by atoms with van der Waals surface area (Å²) in [5, 5.41) is 0. The quantitative estimate of drug-likeness (QED) is 0.725. The fourth-order valence-electron chi connectivity index (χ4n) is 2.33. The topological polar surface area (TPSA) is 26.3 Å². The molecule has 0 spiro atoms. The molecule has 2 nitrogen and oxygen atoms in total. The maximum absolute atomic E-state index is 12.0. The summed E-state index contributed by atoms with van der Waals surface area (Å²) in [4.78, 5) is 12.0. The first kappa shape index (κ1) is 12.2. The number of ether oxygens (including phenoxy) is 1. The van der Waals surface area contributed by atoms with Gasteiger partial charge in [0, 0.05) is 0 Å². The molecule has 1 saturated carbocycles. The highest BCUT2D eigenvalue weighted by Crippen LogP contribution is 2.34. The first-order valence-electron chi connectivity index (χ1n) is 6.37. The molecule has 0 amide bonds. The van der Waals surface area contributed by atoms with Gasteiger partial charge in [-0.1, -0.05) is 25.1 Å². The molecule has 1 aromatic carbocycles. The van der Waals surface area contributed by atoms with E-state index in [9.17, 15) is 4.79 Å². The Morgan fingerprint density at radius 2 is 1.82 bits per heavy atom. The molecule has 0 aromatic heterocycles. The predicted molar refractivity (Wildman–Crippen MR) is 67.9 cm³/mol. The molecule has 2 heteroatoms. The van der Waals surface area contributed by atoms with Gasteiger partial charge in [-0.05, 0) is 50.7 Å². The Labute approximate surface area is 103 Å². The molecule has 0 N–H and O–H groups in total. The van der Waals surface area contributed by atoms with Crippen LogP contribution in [-0.4, -0.2) is 11.6 Å². The molecular weight excluding hydrogens is 212 g/mol. The Kier molecular flexibility index (Phi) is 3.51. The van der Waals surface area contributed by atoms with E-state index in [-0.39, 0.29) is 11.6 Å². The third-order valence-electron chi connectivity index (χ3n) is 3.68. The first-order valence-corrected chi connectivity index (χ1v) is 6.37. The van der Waals surface area contributed by atoms with Crippen LogP contribution < -0.4 is 0 Å². The summed E-state index contributed by atoms with van der Waals surface area (Å²) in [7, 11) is 0. The number of benzene rings is 1. The zero-order valence-electron chi connectivity index (χ0n) is 10.6. The molecule has 0 heterocycles. The Balaban J connectivity index is 1.99. The van der Waals surface area contributed by atoms with Gasteiger partial charge in [0.05, 0.1) is 5.56 Å². The average molecular weight is 232 g/mol. The van der Waals surface area contributed by atoms with E-state index in [4.69, 9.17) is 4.74 Å². The first-order chi connectivity index (χ1) is 8.09. The second-order valence-electron chi connectivity index (χ2n) is 5.39. The van der Waals surface area contributed by atoms with Gasteiger partial charge in [-0.3, -0.25) is 0 Å². The lowest BCUT2D eigenvalue weighted by Gasteiger charge is -2.35. The zero-order valence-corrected chi connectivity index (χ0v) is 10.6. The van der Waals surface area contributed by atoms with Crippen LogP contribution in [0.5, 0.6) is 0 Å². The van der Waals surface area contributed by atoms with E-state index >= 15 is 0 Å². The summed E-state index contributed by atoms with van der Waals surface area (Å²) in [6.07, 6.45) is 4.26. The molecule has 0 saturated heterocycles. The van der Waals surface area contributed by atoms with Gasteiger partial charge in [0.15, 0.2) is 0 Å². The van der Waals surface area contributed by atoms with Crippen molar-refractivity contribution in [2.24, 2.45) is 5.92 Å². The van der Waals surface area contributed by atoms with E-state index in [1.807, 2.05) is 18.2 Å². The molecule has 0 radical (unpaired) electrons. The van der Waals surface area contributed by atoms with Crippen molar-refractivity contribution < 1.29 is 9.53 Å². The van der Waals surface area contributed by atoms with Crippen molar-refractivity contribution in [1.82, 2.24) is 0 Å². The number of hydrogen-bond acceptors (Lipinski definition) is 2. The van der Waals surface area contributed by atoms with E-state index in [1.54, 1.807) is 12.1 Å². The Hall–Kier alpha value is -1.31. The summed E-state index contributed by atoms with van der Waals surface area (Å²) in [5.41, 5.74) is 0.381. The largest absolute Gasteiger partial charge is 0.456 e. The molecule has 92 valence electrons. The molecule has 0 atom stereocenters. The SMILES string of the molecule is CC1CCC(C)(OC(=O)c2ccccc2)CC1. The van der Waals surface area contributed by atoms with Crippen LogP contribution in [0.15, 0.2) is 30.3 Å². The number of hydrogen-bond donors (Lipinski definition) is 0. The Bertz CT molecular complexity index is 375. The predicted octanol–water partition coefficient (Wildman–Crippen LogP) is 3.81. The van der Waals surface area contributed by atoms with E-state index in [1.165, 1.54) is 0 Å². The van der Waals surface area contributed by atoms with Gasteiger partial charge in [0.25, 0.3) is 0 Å². The van der Waals surface area contributed by atoms with Gasteiger partial charge in [-0.25, -0.2) is 4.79 Å². The van der Waals surface area contributed by atoms with Gasteiger partial charge in [0.1, 0.15) is 5.60 Å². The van der Waals surface area contributed by atoms with E-state index < -0.39 is 0 Å². The molecule has 0 aliphatic heterocycles. The molecule has 1 fully saturated rings. The Morgan fingerprint density at radius 3 is 2.41 bits per heavy atom. The maximum atomic E-state index is 12.0. The minimum Gasteiger partial charge on any atom is -0.456 e. The van der Waals surface area contributed by atoms with E-state index in [0.717, 1.165) is 31.6 Å². The van der Waals surface area contributed by atoms with Gasteiger partial charge >= 0.3 is 5.97 Å². The van der Waals surface area contributed by atoms with Crippen LogP contribution in [0.2, 0.25) is 0 Å². The molecular formula is C15H20O2. The third kappa shape index (κ3) is 3.09. The van der Waals surface area contributed by atoms with Crippen molar-refractivity contribution >= 4 is 5.97 Å². The number of carbonyl (C=O) groups is 1. The van der Waals surface area contributed by atoms with Crippen LogP contribution in [0.1, 0.15) is 49.9 Å². The molecule has 1 aromatic rings. The standard InChI is InChI=1S/C15H20O2/c1-12-8-10-15(2,11-9-12)17-14(16)13-6-4-3-5-7-13/h3-7,12H,8-11H2,1-2H3. The fourth-order valence-corrected chi connectivity index (χ4v) is 2.33. The highest BCUT2D eigenvalue weighted by Gasteiger charge is 2.33. The fraction of sp³-hybridized carbons (Fsp3) is 0.533. The van der Waals surface area contributed by atoms with Crippen molar-refractivity contribution in [3.05, 3.63) is 35.9 Å². The number of esters is 1.